The number of para-hydroxylation sites is 1. The predicted octanol–water partition coefficient (Wildman–Crippen LogP) is 3.09. The van der Waals surface area contributed by atoms with Crippen molar-refractivity contribution in [3.05, 3.63) is 58.9 Å². The molecule has 23 heavy (non-hydrogen) atoms. The summed E-state index contributed by atoms with van der Waals surface area (Å²) in [5.41, 5.74) is 2.43. The summed E-state index contributed by atoms with van der Waals surface area (Å²) in [5, 5.41) is 1.66. The Labute approximate surface area is 132 Å². The van der Waals surface area contributed by atoms with Gasteiger partial charge < -0.3 is 14.3 Å². The summed E-state index contributed by atoms with van der Waals surface area (Å²) in [5.74, 6) is 1.23. The van der Waals surface area contributed by atoms with Crippen LogP contribution in [0.2, 0.25) is 0 Å². The Morgan fingerprint density at radius 3 is 2.74 bits per heavy atom. The van der Waals surface area contributed by atoms with Gasteiger partial charge in [0.25, 0.3) is 5.56 Å². The van der Waals surface area contributed by atoms with E-state index in [-0.39, 0.29) is 5.56 Å². The summed E-state index contributed by atoms with van der Waals surface area (Å²) >= 11 is 0. The van der Waals surface area contributed by atoms with E-state index in [9.17, 15) is 4.79 Å². The summed E-state index contributed by atoms with van der Waals surface area (Å²) in [7, 11) is 3.56. The standard InChI is InChI=1S/C18H15N3O2/c1-21-15-6-4-3-5-11(15)9-16(21)17-19-14-10-12(23-2)7-8-13(14)18(22)20-17/h3-10H,1-2H3,(H,19,20,22). The highest BCUT2D eigenvalue weighted by Crippen LogP contribution is 2.25. The second-order valence-electron chi connectivity index (χ2n) is 5.45. The van der Waals surface area contributed by atoms with Gasteiger partial charge in [0.1, 0.15) is 5.75 Å². The molecule has 0 atom stereocenters. The number of methoxy groups -OCH3 is 1. The fourth-order valence-corrected chi connectivity index (χ4v) is 2.88. The summed E-state index contributed by atoms with van der Waals surface area (Å²) in [6.45, 7) is 0. The van der Waals surface area contributed by atoms with Crippen LogP contribution in [-0.2, 0) is 7.05 Å². The minimum Gasteiger partial charge on any atom is -0.497 e. The molecule has 0 aliphatic carbocycles. The van der Waals surface area contributed by atoms with Crippen molar-refractivity contribution in [2.24, 2.45) is 7.05 Å². The normalized spacial score (nSPS) is 11.2. The molecule has 4 rings (SSSR count). The zero-order chi connectivity index (χ0) is 16.0. The summed E-state index contributed by atoms with van der Waals surface area (Å²) < 4.78 is 7.25. The summed E-state index contributed by atoms with van der Waals surface area (Å²) in [6, 6.07) is 15.4. The van der Waals surface area contributed by atoms with Crippen molar-refractivity contribution in [3.8, 4) is 17.3 Å². The topological polar surface area (TPSA) is 59.9 Å². The Balaban J connectivity index is 2.00. The van der Waals surface area contributed by atoms with Gasteiger partial charge in [-0.05, 0) is 24.3 Å². The largest absolute Gasteiger partial charge is 0.497 e. The number of hydrogen-bond acceptors (Lipinski definition) is 3. The van der Waals surface area contributed by atoms with Crippen LogP contribution in [-0.4, -0.2) is 21.6 Å². The maximum atomic E-state index is 12.4. The Bertz CT molecular complexity index is 1090. The molecule has 0 aliphatic heterocycles. The first kappa shape index (κ1) is 13.6. The number of hydrogen-bond donors (Lipinski definition) is 1. The third kappa shape index (κ3) is 2.09. The highest BCUT2D eigenvalue weighted by atomic mass is 16.5. The minimum absolute atomic E-state index is 0.155. The van der Waals surface area contributed by atoms with Crippen LogP contribution in [0.3, 0.4) is 0 Å². The summed E-state index contributed by atoms with van der Waals surface area (Å²) in [4.78, 5) is 19.8. The van der Waals surface area contributed by atoms with E-state index >= 15 is 0 Å². The van der Waals surface area contributed by atoms with Gasteiger partial charge in [-0.2, -0.15) is 0 Å². The molecule has 0 fully saturated rings. The molecule has 0 amide bonds. The molecule has 114 valence electrons. The van der Waals surface area contributed by atoms with Crippen LogP contribution >= 0.6 is 0 Å². The second-order valence-corrected chi connectivity index (χ2v) is 5.45. The van der Waals surface area contributed by atoms with Crippen molar-refractivity contribution in [2.45, 2.75) is 0 Å². The van der Waals surface area contributed by atoms with Crippen molar-refractivity contribution in [1.29, 1.82) is 0 Å². The van der Waals surface area contributed by atoms with Crippen LogP contribution < -0.4 is 10.3 Å². The molecular weight excluding hydrogens is 290 g/mol. The predicted molar refractivity (Wildman–Crippen MR) is 90.8 cm³/mol. The molecule has 4 aromatic rings. The zero-order valence-electron chi connectivity index (χ0n) is 12.8. The summed E-state index contributed by atoms with van der Waals surface area (Å²) in [6.07, 6.45) is 0. The van der Waals surface area contributed by atoms with Crippen LogP contribution in [0.25, 0.3) is 33.3 Å². The lowest BCUT2D eigenvalue weighted by Crippen LogP contribution is -2.10. The van der Waals surface area contributed by atoms with Gasteiger partial charge >= 0.3 is 0 Å². The van der Waals surface area contributed by atoms with Gasteiger partial charge in [-0.15, -0.1) is 0 Å². The van der Waals surface area contributed by atoms with Gasteiger partial charge in [0.05, 0.1) is 23.7 Å². The van der Waals surface area contributed by atoms with Crippen LogP contribution in [0, 0.1) is 0 Å². The highest BCUT2D eigenvalue weighted by Gasteiger charge is 2.12. The van der Waals surface area contributed by atoms with Crippen molar-refractivity contribution in [3.63, 3.8) is 0 Å². The third-order valence-corrected chi connectivity index (χ3v) is 4.11. The number of aromatic nitrogens is 3. The van der Waals surface area contributed by atoms with Crippen molar-refractivity contribution in [1.82, 2.24) is 14.5 Å². The maximum Gasteiger partial charge on any atom is 0.259 e. The van der Waals surface area contributed by atoms with Gasteiger partial charge in [0.2, 0.25) is 0 Å². The average molecular weight is 305 g/mol. The molecule has 1 N–H and O–H groups in total. The molecule has 2 aromatic heterocycles. The Kier molecular flexibility index (Phi) is 2.94. The second kappa shape index (κ2) is 4.98. The number of benzene rings is 2. The van der Waals surface area contributed by atoms with Crippen molar-refractivity contribution in [2.75, 3.05) is 7.11 Å². The van der Waals surface area contributed by atoms with Crippen molar-refractivity contribution < 1.29 is 4.74 Å². The SMILES string of the molecule is COc1ccc2c(=O)[nH]c(-c3cc4ccccc4n3C)nc2c1. The third-order valence-electron chi connectivity index (χ3n) is 4.11. The lowest BCUT2D eigenvalue weighted by atomic mass is 10.2. The maximum absolute atomic E-state index is 12.4. The van der Waals surface area contributed by atoms with E-state index < -0.39 is 0 Å². The van der Waals surface area contributed by atoms with Crippen LogP contribution in [0.5, 0.6) is 5.75 Å². The fourth-order valence-electron chi connectivity index (χ4n) is 2.88. The molecule has 0 unspecified atom stereocenters. The van der Waals surface area contributed by atoms with E-state index in [2.05, 4.69) is 9.97 Å². The number of fused-ring (bicyclic) bond motifs is 2. The van der Waals surface area contributed by atoms with E-state index in [4.69, 9.17) is 4.74 Å². The van der Waals surface area contributed by atoms with E-state index in [0.29, 0.717) is 22.5 Å². The van der Waals surface area contributed by atoms with Gasteiger partial charge in [-0.3, -0.25) is 4.79 Å². The Morgan fingerprint density at radius 2 is 1.96 bits per heavy atom. The van der Waals surface area contributed by atoms with Gasteiger partial charge in [0, 0.05) is 24.0 Å². The number of H-pyrrole nitrogens is 1. The van der Waals surface area contributed by atoms with E-state index in [0.717, 1.165) is 16.6 Å². The molecule has 0 saturated heterocycles. The number of nitrogens with zero attached hydrogens (tertiary/aromatic N) is 2. The number of ether oxygens (including phenoxy) is 1. The van der Waals surface area contributed by atoms with Gasteiger partial charge in [-0.1, -0.05) is 18.2 Å². The number of aryl methyl sites for hydroxylation is 1. The van der Waals surface area contributed by atoms with E-state index in [1.54, 1.807) is 25.3 Å². The molecule has 2 aromatic carbocycles. The van der Waals surface area contributed by atoms with E-state index in [1.807, 2.05) is 41.9 Å². The average Bonchev–Trinajstić information content (AvgIpc) is 2.91. The van der Waals surface area contributed by atoms with Gasteiger partial charge in [0.15, 0.2) is 5.82 Å². The number of rotatable bonds is 2. The Hall–Kier alpha value is -3.08. The van der Waals surface area contributed by atoms with E-state index in [1.165, 1.54) is 0 Å². The molecule has 5 nitrogen and oxygen atoms in total. The zero-order valence-corrected chi connectivity index (χ0v) is 12.8. The first-order valence-corrected chi connectivity index (χ1v) is 7.30. The van der Waals surface area contributed by atoms with Crippen LogP contribution in [0.1, 0.15) is 0 Å². The quantitative estimate of drug-likeness (QED) is 0.619. The molecule has 0 bridgehead atoms. The molecule has 0 saturated carbocycles. The lowest BCUT2D eigenvalue weighted by molar-refractivity contribution is 0.415. The fraction of sp³-hybridized carbons (Fsp3) is 0.111. The highest BCUT2D eigenvalue weighted by molar-refractivity contribution is 5.87. The smallest absolute Gasteiger partial charge is 0.259 e. The monoisotopic (exact) mass is 305 g/mol. The Morgan fingerprint density at radius 1 is 1.13 bits per heavy atom. The first-order chi connectivity index (χ1) is 11.2. The van der Waals surface area contributed by atoms with Crippen LogP contribution in [0.4, 0.5) is 0 Å². The molecular formula is C18H15N3O2. The molecule has 0 radical (unpaired) electrons. The van der Waals surface area contributed by atoms with Crippen LogP contribution in [0.15, 0.2) is 53.3 Å². The molecule has 0 spiro atoms. The first-order valence-electron chi connectivity index (χ1n) is 7.30. The lowest BCUT2D eigenvalue weighted by Gasteiger charge is -2.06. The molecule has 0 aliphatic rings. The number of aromatic amines is 1. The van der Waals surface area contributed by atoms with Gasteiger partial charge in [-0.25, -0.2) is 4.98 Å². The minimum atomic E-state index is -0.155. The number of nitrogens with one attached hydrogen (secondary N) is 1. The van der Waals surface area contributed by atoms with Crippen molar-refractivity contribution >= 4 is 21.8 Å². The molecule has 5 heteroatoms. The molecule has 2 heterocycles.